The van der Waals surface area contributed by atoms with Crippen LogP contribution in [-0.2, 0) is 15.8 Å². The van der Waals surface area contributed by atoms with Crippen LogP contribution in [0, 0.1) is 0 Å². The molecule has 1 N–H and O–H groups in total. The molecule has 112 valence electrons. The topological polar surface area (TPSA) is 47.0 Å². The van der Waals surface area contributed by atoms with Gasteiger partial charge in [-0.05, 0) is 42.1 Å². The standard InChI is InChI=1S/C15H24BrN3O/c1-14(2,3)11-10(16)12(17-5)19-13(18-11)15(4)8-6-7-9-20-15/h6-9H2,1-5H3,(H,17,18,19). The van der Waals surface area contributed by atoms with Gasteiger partial charge < -0.3 is 10.1 Å². The molecule has 0 bridgehead atoms. The Balaban J connectivity index is 2.54. The first-order valence-corrected chi connectivity index (χ1v) is 7.97. The molecule has 1 atom stereocenters. The van der Waals surface area contributed by atoms with Gasteiger partial charge in [0.05, 0.1) is 10.2 Å². The van der Waals surface area contributed by atoms with Crippen LogP contribution in [0.4, 0.5) is 5.82 Å². The fourth-order valence-corrected chi connectivity index (χ4v) is 3.43. The summed E-state index contributed by atoms with van der Waals surface area (Å²) in [5, 5.41) is 3.15. The van der Waals surface area contributed by atoms with Crippen molar-refractivity contribution in [1.82, 2.24) is 9.97 Å². The van der Waals surface area contributed by atoms with Gasteiger partial charge in [-0.3, -0.25) is 0 Å². The second kappa shape index (κ2) is 5.60. The lowest BCUT2D eigenvalue weighted by Crippen LogP contribution is -2.33. The van der Waals surface area contributed by atoms with Crippen LogP contribution >= 0.6 is 15.9 Å². The number of aromatic nitrogens is 2. The molecule has 1 aliphatic rings. The zero-order chi connectivity index (χ0) is 15.0. The third-order valence-electron chi connectivity index (χ3n) is 3.74. The Morgan fingerprint density at radius 3 is 2.45 bits per heavy atom. The van der Waals surface area contributed by atoms with Crippen LogP contribution in [0.25, 0.3) is 0 Å². The average Bonchev–Trinajstić information content (AvgIpc) is 2.38. The van der Waals surface area contributed by atoms with Crippen LogP contribution in [0.2, 0.25) is 0 Å². The number of nitrogens with one attached hydrogen (secondary N) is 1. The van der Waals surface area contributed by atoms with Crippen LogP contribution in [0.15, 0.2) is 4.47 Å². The van der Waals surface area contributed by atoms with Gasteiger partial charge in [0.25, 0.3) is 0 Å². The number of anilines is 1. The van der Waals surface area contributed by atoms with Gasteiger partial charge in [0.15, 0.2) is 5.82 Å². The van der Waals surface area contributed by atoms with Gasteiger partial charge in [-0.2, -0.15) is 0 Å². The quantitative estimate of drug-likeness (QED) is 0.883. The maximum atomic E-state index is 5.99. The summed E-state index contributed by atoms with van der Waals surface area (Å²) >= 11 is 3.62. The Morgan fingerprint density at radius 1 is 1.25 bits per heavy atom. The summed E-state index contributed by atoms with van der Waals surface area (Å²) in [6.07, 6.45) is 3.26. The van der Waals surface area contributed by atoms with Crippen LogP contribution < -0.4 is 5.32 Å². The summed E-state index contributed by atoms with van der Waals surface area (Å²) in [7, 11) is 1.88. The lowest BCUT2D eigenvalue weighted by molar-refractivity contribution is -0.0761. The molecule has 0 spiro atoms. The number of ether oxygens (including phenoxy) is 1. The predicted octanol–water partition coefficient (Wildman–Crippen LogP) is 3.99. The van der Waals surface area contributed by atoms with Crippen LogP contribution in [0.3, 0.4) is 0 Å². The number of nitrogens with zero attached hydrogens (tertiary/aromatic N) is 2. The van der Waals surface area contributed by atoms with E-state index in [1.165, 1.54) is 0 Å². The molecule has 1 unspecified atom stereocenters. The summed E-state index contributed by atoms with van der Waals surface area (Å²) < 4.78 is 6.93. The molecule has 20 heavy (non-hydrogen) atoms. The molecule has 0 aliphatic carbocycles. The van der Waals surface area contributed by atoms with Crippen molar-refractivity contribution in [2.24, 2.45) is 0 Å². The lowest BCUT2D eigenvalue weighted by Gasteiger charge is -2.34. The minimum absolute atomic E-state index is 0.0485. The normalized spacial score (nSPS) is 23.7. The highest BCUT2D eigenvalue weighted by Crippen LogP contribution is 2.38. The van der Waals surface area contributed by atoms with Crippen molar-refractivity contribution in [2.45, 2.75) is 58.0 Å². The largest absolute Gasteiger partial charge is 0.372 e. The van der Waals surface area contributed by atoms with Crippen molar-refractivity contribution in [3.05, 3.63) is 16.0 Å². The molecular weight excluding hydrogens is 318 g/mol. The van der Waals surface area contributed by atoms with Crippen molar-refractivity contribution >= 4 is 21.7 Å². The monoisotopic (exact) mass is 341 g/mol. The molecule has 0 radical (unpaired) electrons. The van der Waals surface area contributed by atoms with E-state index in [4.69, 9.17) is 9.72 Å². The second-order valence-electron chi connectivity index (χ2n) is 6.59. The van der Waals surface area contributed by atoms with E-state index in [0.29, 0.717) is 0 Å². The molecule has 1 aliphatic heterocycles. The fourth-order valence-electron chi connectivity index (χ4n) is 2.46. The van der Waals surface area contributed by atoms with Gasteiger partial charge in [-0.25, -0.2) is 9.97 Å². The SMILES string of the molecule is CNc1nc(C2(C)CCCCO2)nc(C(C)(C)C)c1Br. The number of halogens is 1. The molecule has 2 heterocycles. The van der Waals surface area contributed by atoms with Crippen molar-refractivity contribution in [2.75, 3.05) is 19.0 Å². The lowest BCUT2D eigenvalue weighted by atomic mass is 9.90. The van der Waals surface area contributed by atoms with E-state index in [1.807, 2.05) is 7.05 Å². The number of hydrogen-bond acceptors (Lipinski definition) is 4. The Kier molecular flexibility index (Phi) is 4.40. The zero-order valence-electron chi connectivity index (χ0n) is 13.0. The van der Waals surface area contributed by atoms with E-state index in [-0.39, 0.29) is 11.0 Å². The molecule has 2 rings (SSSR count). The first kappa shape index (κ1) is 15.7. The highest BCUT2D eigenvalue weighted by atomic mass is 79.9. The summed E-state index contributed by atoms with van der Waals surface area (Å²) in [5.74, 6) is 1.62. The molecular formula is C15H24BrN3O. The molecule has 1 aromatic heterocycles. The van der Waals surface area contributed by atoms with Crippen molar-refractivity contribution in [1.29, 1.82) is 0 Å². The molecule has 0 aromatic carbocycles. The first-order chi connectivity index (χ1) is 9.28. The Bertz CT molecular complexity index is 491. The first-order valence-electron chi connectivity index (χ1n) is 7.18. The third-order valence-corrected chi connectivity index (χ3v) is 4.49. The summed E-state index contributed by atoms with van der Waals surface area (Å²) in [6.45, 7) is 9.37. The predicted molar refractivity (Wildman–Crippen MR) is 85.1 cm³/mol. The van der Waals surface area contributed by atoms with Gasteiger partial charge in [0.1, 0.15) is 11.4 Å². The van der Waals surface area contributed by atoms with Gasteiger partial charge in [-0.15, -0.1) is 0 Å². The fraction of sp³-hybridized carbons (Fsp3) is 0.733. The molecule has 1 saturated heterocycles. The summed E-state index contributed by atoms with van der Waals surface area (Å²) in [4.78, 5) is 9.49. The molecule has 4 nitrogen and oxygen atoms in total. The van der Waals surface area contributed by atoms with E-state index in [0.717, 1.165) is 47.7 Å². The highest BCUT2D eigenvalue weighted by Gasteiger charge is 2.35. The van der Waals surface area contributed by atoms with E-state index in [2.05, 4.69) is 53.9 Å². The van der Waals surface area contributed by atoms with E-state index < -0.39 is 0 Å². The zero-order valence-corrected chi connectivity index (χ0v) is 14.6. The van der Waals surface area contributed by atoms with Crippen LogP contribution in [-0.4, -0.2) is 23.6 Å². The van der Waals surface area contributed by atoms with Gasteiger partial charge in [0, 0.05) is 19.1 Å². The average molecular weight is 342 g/mol. The number of hydrogen-bond donors (Lipinski definition) is 1. The minimum Gasteiger partial charge on any atom is -0.372 e. The molecule has 5 heteroatoms. The summed E-state index contributed by atoms with van der Waals surface area (Å²) in [6, 6.07) is 0. The third kappa shape index (κ3) is 2.98. The Hall–Kier alpha value is -0.680. The van der Waals surface area contributed by atoms with Gasteiger partial charge in [-0.1, -0.05) is 20.8 Å². The van der Waals surface area contributed by atoms with Gasteiger partial charge in [0.2, 0.25) is 0 Å². The van der Waals surface area contributed by atoms with Crippen LogP contribution in [0.1, 0.15) is 58.5 Å². The second-order valence-corrected chi connectivity index (χ2v) is 7.39. The van der Waals surface area contributed by atoms with Crippen molar-refractivity contribution in [3.63, 3.8) is 0 Å². The highest BCUT2D eigenvalue weighted by molar-refractivity contribution is 9.10. The van der Waals surface area contributed by atoms with E-state index in [9.17, 15) is 0 Å². The maximum Gasteiger partial charge on any atom is 0.162 e. The van der Waals surface area contributed by atoms with Crippen LogP contribution in [0.5, 0.6) is 0 Å². The van der Waals surface area contributed by atoms with E-state index in [1.54, 1.807) is 0 Å². The van der Waals surface area contributed by atoms with E-state index >= 15 is 0 Å². The maximum absolute atomic E-state index is 5.99. The molecule has 1 aromatic rings. The summed E-state index contributed by atoms with van der Waals surface area (Å²) in [5.41, 5.74) is 0.597. The molecule has 0 amide bonds. The van der Waals surface area contributed by atoms with Gasteiger partial charge >= 0.3 is 0 Å². The minimum atomic E-state index is -0.370. The smallest absolute Gasteiger partial charge is 0.162 e. The number of rotatable bonds is 2. The van der Waals surface area contributed by atoms with Crippen molar-refractivity contribution in [3.8, 4) is 0 Å². The molecule has 0 saturated carbocycles. The molecule has 1 fully saturated rings. The van der Waals surface area contributed by atoms with Crippen molar-refractivity contribution < 1.29 is 4.74 Å². The Morgan fingerprint density at radius 2 is 1.95 bits per heavy atom. The Labute approximate surface area is 129 Å².